The standard InChI is InChI=1S/C22H25N7O2S/c1-3-13(7-23)8-25-16-11-26-18-5-4-17(29(18)22(16)31)21(30)28-10-15-6-14-9-27-20(24)12(2)19(14)32-15/h3,6-7,9,11,17,23,25H,4-5,8,10H2,1-2H3,(H2,24,27)(H,28,30)/b13-3+,23-7?/t17-/m0/s1. The number of nitrogen functional groups attached to an aromatic ring is 1. The summed E-state index contributed by atoms with van der Waals surface area (Å²) < 4.78 is 2.55. The second kappa shape index (κ2) is 8.91. The van der Waals surface area contributed by atoms with E-state index in [1.807, 2.05) is 19.9 Å². The third-order valence-electron chi connectivity index (χ3n) is 5.68. The van der Waals surface area contributed by atoms with Crippen molar-refractivity contribution in [3.05, 3.63) is 56.7 Å². The van der Waals surface area contributed by atoms with E-state index in [1.165, 1.54) is 17.0 Å². The van der Waals surface area contributed by atoms with Gasteiger partial charge in [-0.3, -0.25) is 14.2 Å². The molecule has 5 N–H and O–H groups in total. The maximum Gasteiger partial charge on any atom is 0.277 e. The van der Waals surface area contributed by atoms with Gasteiger partial charge in [0.1, 0.15) is 23.4 Å². The highest BCUT2D eigenvalue weighted by atomic mass is 32.1. The molecule has 0 saturated heterocycles. The van der Waals surface area contributed by atoms with Gasteiger partial charge >= 0.3 is 0 Å². The average molecular weight is 452 g/mol. The maximum absolute atomic E-state index is 13.0. The first-order valence-electron chi connectivity index (χ1n) is 10.3. The van der Waals surface area contributed by atoms with E-state index >= 15 is 0 Å². The topological polar surface area (TPSA) is 139 Å². The molecular weight excluding hydrogens is 426 g/mol. The highest BCUT2D eigenvalue weighted by Gasteiger charge is 2.31. The number of nitrogens with zero attached hydrogens (tertiary/aromatic N) is 3. The van der Waals surface area contributed by atoms with Gasteiger partial charge in [-0.05, 0) is 31.9 Å². The zero-order chi connectivity index (χ0) is 22.8. The summed E-state index contributed by atoms with van der Waals surface area (Å²) in [6, 6.07) is 1.41. The van der Waals surface area contributed by atoms with Gasteiger partial charge in [0, 0.05) is 45.9 Å². The Morgan fingerprint density at radius 2 is 2.22 bits per heavy atom. The largest absolute Gasteiger partial charge is 0.383 e. The Morgan fingerprint density at radius 1 is 1.41 bits per heavy atom. The third-order valence-corrected chi connectivity index (χ3v) is 6.95. The zero-order valence-electron chi connectivity index (χ0n) is 17.9. The van der Waals surface area contributed by atoms with Gasteiger partial charge in [0.25, 0.3) is 5.56 Å². The van der Waals surface area contributed by atoms with Crippen molar-refractivity contribution < 1.29 is 4.79 Å². The summed E-state index contributed by atoms with van der Waals surface area (Å²) in [7, 11) is 0. The number of hydrogen-bond acceptors (Lipinski definition) is 8. The van der Waals surface area contributed by atoms with E-state index in [9.17, 15) is 9.59 Å². The number of pyridine rings is 1. The monoisotopic (exact) mass is 451 g/mol. The maximum atomic E-state index is 13.0. The van der Waals surface area contributed by atoms with Crippen molar-refractivity contribution >= 4 is 45.0 Å². The van der Waals surface area contributed by atoms with Crippen LogP contribution in [0.15, 0.2) is 34.9 Å². The molecule has 3 aromatic heterocycles. The summed E-state index contributed by atoms with van der Waals surface area (Å²) in [6.45, 7) is 4.48. The fourth-order valence-corrected chi connectivity index (χ4v) is 4.87. The number of allylic oxidation sites excluding steroid dienone is 1. The molecule has 0 spiro atoms. The lowest BCUT2D eigenvalue weighted by Crippen LogP contribution is -2.36. The lowest BCUT2D eigenvalue weighted by atomic mass is 10.2. The van der Waals surface area contributed by atoms with E-state index in [-0.39, 0.29) is 11.5 Å². The molecular formula is C22H25N7O2S. The minimum atomic E-state index is -0.593. The first-order chi connectivity index (χ1) is 15.4. The summed E-state index contributed by atoms with van der Waals surface area (Å²) in [5.74, 6) is 0.916. The predicted molar refractivity (Wildman–Crippen MR) is 128 cm³/mol. The molecule has 4 rings (SSSR count). The molecule has 0 unspecified atom stereocenters. The number of carbonyl (C=O) groups excluding carboxylic acids is 1. The van der Waals surface area contributed by atoms with Gasteiger partial charge in [-0.15, -0.1) is 11.3 Å². The fraction of sp³-hybridized carbons (Fsp3) is 0.318. The van der Waals surface area contributed by atoms with E-state index in [0.29, 0.717) is 43.3 Å². The van der Waals surface area contributed by atoms with Crippen molar-refractivity contribution in [1.29, 1.82) is 5.41 Å². The Morgan fingerprint density at radius 3 is 2.97 bits per heavy atom. The van der Waals surface area contributed by atoms with Crippen LogP contribution < -0.4 is 21.9 Å². The predicted octanol–water partition coefficient (Wildman–Crippen LogP) is 2.56. The molecule has 1 aliphatic heterocycles. The van der Waals surface area contributed by atoms with Crippen LogP contribution in [0.4, 0.5) is 11.5 Å². The van der Waals surface area contributed by atoms with Gasteiger partial charge < -0.3 is 21.8 Å². The van der Waals surface area contributed by atoms with Crippen LogP contribution in [-0.4, -0.2) is 33.2 Å². The second-order valence-electron chi connectivity index (χ2n) is 7.66. The van der Waals surface area contributed by atoms with Gasteiger partial charge in [-0.25, -0.2) is 9.97 Å². The van der Waals surface area contributed by atoms with Gasteiger partial charge in [0.15, 0.2) is 0 Å². The van der Waals surface area contributed by atoms with Crippen LogP contribution >= 0.6 is 11.3 Å². The number of nitrogens with one attached hydrogen (secondary N) is 3. The number of carbonyl (C=O) groups is 1. The fourth-order valence-electron chi connectivity index (χ4n) is 3.79. The average Bonchev–Trinajstić information content (AvgIpc) is 3.42. The molecule has 0 saturated carbocycles. The van der Waals surface area contributed by atoms with Crippen LogP contribution in [0.5, 0.6) is 0 Å². The molecule has 10 heteroatoms. The van der Waals surface area contributed by atoms with E-state index in [4.69, 9.17) is 11.1 Å². The highest BCUT2D eigenvalue weighted by Crippen LogP contribution is 2.30. The van der Waals surface area contributed by atoms with Crippen molar-refractivity contribution in [2.45, 2.75) is 39.3 Å². The summed E-state index contributed by atoms with van der Waals surface area (Å²) in [5.41, 5.74) is 7.63. The number of anilines is 2. The number of hydrogen-bond donors (Lipinski definition) is 4. The van der Waals surface area contributed by atoms with Gasteiger partial charge in [0.05, 0.1) is 12.7 Å². The summed E-state index contributed by atoms with van der Waals surface area (Å²) in [5, 5.41) is 14.4. The lowest BCUT2D eigenvalue weighted by Gasteiger charge is -2.15. The van der Waals surface area contributed by atoms with Gasteiger partial charge in [0.2, 0.25) is 5.91 Å². The Bertz CT molecular complexity index is 1290. The molecule has 0 aliphatic carbocycles. The minimum Gasteiger partial charge on any atom is -0.383 e. The van der Waals surface area contributed by atoms with Gasteiger partial charge in [-0.2, -0.15) is 0 Å². The number of aryl methyl sites for hydroxylation is 2. The Kier molecular flexibility index (Phi) is 6.04. The van der Waals surface area contributed by atoms with E-state index in [1.54, 1.807) is 23.6 Å². The molecule has 0 radical (unpaired) electrons. The van der Waals surface area contributed by atoms with Crippen LogP contribution in [0, 0.1) is 12.3 Å². The van der Waals surface area contributed by atoms with Crippen molar-refractivity contribution in [1.82, 2.24) is 19.9 Å². The molecule has 3 aromatic rings. The molecule has 0 bridgehead atoms. The number of fused-ring (bicyclic) bond motifs is 2. The van der Waals surface area contributed by atoms with E-state index < -0.39 is 6.04 Å². The highest BCUT2D eigenvalue weighted by molar-refractivity contribution is 7.19. The molecule has 1 atom stereocenters. The molecule has 32 heavy (non-hydrogen) atoms. The molecule has 9 nitrogen and oxygen atoms in total. The summed E-state index contributed by atoms with van der Waals surface area (Å²) >= 11 is 1.58. The Balaban J connectivity index is 1.49. The van der Waals surface area contributed by atoms with Crippen LogP contribution in [0.3, 0.4) is 0 Å². The van der Waals surface area contributed by atoms with Crippen molar-refractivity contribution in [2.24, 2.45) is 0 Å². The quantitative estimate of drug-likeness (QED) is 0.407. The Labute approximate surface area is 188 Å². The zero-order valence-corrected chi connectivity index (χ0v) is 18.8. The van der Waals surface area contributed by atoms with Crippen LogP contribution in [0.1, 0.15) is 35.7 Å². The van der Waals surface area contributed by atoms with Crippen LogP contribution in [0.2, 0.25) is 0 Å². The third kappa shape index (κ3) is 4.01. The van der Waals surface area contributed by atoms with Gasteiger partial charge in [-0.1, -0.05) is 6.08 Å². The van der Waals surface area contributed by atoms with Crippen LogP contribution in [-0.2, 0) is 17.8 Å². The van der Waals surface area contributed by atoms with Crippen molar-refractivity contribution in [2.75, 3.05) is 17.6 Å². The molecule has 166 valence electrons. The molecule has 0 aromatic carbocycles. The molecule has 0 fully saturated rings. The summed E-state index contributed by atoms with van der Waals surface area (Å²) in [4.78, 5) is 35.5. The number of thiophene rings is 1. The van der Waals surface area contributed by atoms with E-state index in [2.05, 4.69) is 20.6 Å². The van der Waals surface area contributed by atoms with E-state index in [0.717, 1.165) is 26.1 Å². The molecule has 1 aliphatic rings. The SMILES string of the molecule is C/C=C(\C=N)CNc1cnc2n(c1=O)[C@H](C(=O)NCc1cc3cnc(N)c(C)c3s1)CC2. The normalized spacial score (nSPS) is 15.6. The number of aromatic nitrogens is 3. The number of nitrogens with two attached hydrogens (primary N) is 1. The van der Waals surface area contributed by atoms with Crippen LogP contribution in [0.25, 0.3) is 10.1 Å². The minimum absolute atomic E-state index is 0.203. The number of amides is 1. The Hall–Kier alpha value is -3.53. The first kappa shape index (κ1) is 21.7. The van der Waals surface area contributed by atoms with Crippen molar-refractivity contribution in [3.63, 3.8) is 0 Å². The smallest absolute Gasteiger partial charge is 0.277 e. The molecule has 1 amide bonds. The number of rotatable bonds is 7. The molecule has 4 heterocycles. The second-order valence-corrected chi connectivity index (χ2v) is 8.80. The van der Waals surface area contributed by atoms with Crippen molar-refractivity contribution in [3.8, 4) is 0 Å². The first-order valence-corrected chi connectivity index (χ1v) is 11.2. The lowest BCUT2D eigenvalue weighted by molar-refractivity contribution is -0.124. The summed E-state index contributed by atoms with van der Waals surface area (Å²) in [6.07, 6.45) is 7.39.